The fourth-order valence-corrected chi connectivity index (χ4v) is 9.23. The zero-order valence-electron chi connectivity index (χ0n) is 21.8. The standard InChI is InChI=1S/C30H42O4/c1-18(2)13-20-14-19(16-34-20)21-7-8-22-27(21,3)11-9-23-28(4)12-10-25(32)29(5,17-31)24(28)15-26(33)30(22,23)6/h8,10,12-13,19-21,23-24,31H,7,9,11,14-17H2,1-6H3/t19-,20?,21+,23-,24-,27+,28-,29-,30+/m1/s1. The van der Waals surface area contributed by atoms with Crippen LogP contribution in [0.2, 0.25) is 0 Å². The number of aliphatic hydroxyl groups excluding tert-OH is 1. The molecule has 0 aromatic carbocycles. The van der Waals surface area contributed by atoms with Crippen LogP contribution in [0.15, 0.2) is 35.5 Å². The number of Topliss-reactive ketones (excluding diaryl/α,β-unsaturated/α-hetero) is 1. The van der Waals surface area contributed by atoms with Crippen molar-refractivity contribution in [3.63, 3.8) is 0 Å². The van der Waals surface area contributed by atoms with Crippen molar-refractivity contribution in [1.82, 2.24) is 0 Å². The molecule has 1 N–H and O–H groups in total. The first-order valence-corrected chi connectivity index (χ1v) is 13.3. The molecule has 1 saturated heterocycles. The van der Waals surface area contributed by atoms with Crippen LogP contribution in [0.5, 0.6) is 0 Å². The molecule has 2 saturated carbocycles. The van der Waals surface area contributed by atoms with Gasteiger partial charge in [-0.15, -0.1) is 0 Å². The van der Waals surface area contributed by atoms with Crippen LogP contribution in [-0.4, -0.2) is 36.0 Å². The molecule has 9 atom stereocenters. The second-order valence-corrected chi connectivity index (χ2v) is 13.1. The lowest BCUT2D eigenvalue weighted by atomic mass is 9.38. The molecule has 1 aliphatic heterocycles. The Kier molecular flexibility index (Phi) is 5.50. The van der Waals surface area contributed by atoms with Crippen molar-refractivity contribution in [2.24, 2.45) is 45.3 Å². The van der Waals surface area contributed by atoms with Crippen LogP contribution < -0.4 is 0 Å². The highest BCUT2D eigenvalue weighted by molar-refractivity contribution is 5.98. The average Bonchev–Trinajstić information content (AvgIpc) is 3.37. The number of carbonyl (C=O) groups is 2. The molecular weight excluding hydrogens is 424 g/mol. The quantitative estimate of drug-likeness (QED) is 0.561. The summed E-state index contributed by atoms with van der Waals surface area (Å²) in [5.41, 5.74) is 1.01. The van der Waals surface area contributed by atoms with Gasteiger partial charge in [-0.05, 0) is 94.0 Å². The lowest BCUT2D eigenvalue weighted by Gasteiger charge is -2.64. The summed E-state index contributed by atoms with van der Waals surface area (Å²) in [5.74, 6) is 1.26. The van der Waals surface area contributed by atoms with Crippen molar-refractivity contribution in [3.05, 3.63) is 35.5 Å². The predicted octanol–water partition coefficient (Wildman–Crippen LogP) is 5.46. The van der Waals surface area contributed by atoms with Crippen LogP contribution in [0.1, 0.15) is 73.6 Å². The third kappa shape index (κ3) is 3.03. The van der Waals surface area contributed by atoms with Crippen molar-refractivity contribution >= 4 is 11.6 Å². The summed E-state index contributed by atoms with van der Waals surface area (Å²) in [6.45, 7) is 13.6. The number of hydrogen-bond donors (Lipinski definition) is 1. The van der Waals surface area contributed by atoms with Crippen molar-refractivity contribution < 1.29 is 19.4 Å². The molecular formula is C30H42O4. The van der Waals surface area contributed by atoms with Crippen molar-refractivity contribution in [1.29, 1.82) is 0 Å². The molecule has 0 radical (unpaired) electrons. The number of aliphatic hydroxyl groups is 1. The zero-order chi connectivity index (χ0) is 24.7. The third-order valence-electron chi connectivity index (χ3n) is 11.1. The Morgan fingerprint density at radius 3 is 2.59 bits per heavy atom. The summed E-state index contributed by atoms with van der Waals surface area (Å²) in [5, 5.41) is 10.3. The van der Waals surface area contributed by atoms with Gasteiger partial charge in [0.1, 0.15) is 5.78 Å². The largest absolute Gasteiger partial charge is 0.395 e. The highest BCUT2D eigenvalue weighted by Gasteiger charge is 2.68. The zero-order valence-corrected chi connectivity index (χ0v) is 21.8. The first-order valence-electron chi connectivity index (χ1n) is 13.3. The fraction of sp³-hybridized carbons (Fsp3) is 0.733. The summed E-state index contributed by atoms with van der Waals surface area (Å²) in [6.07, 6.45) is 13.2. The van der Waals surface area contributed by atoms with Crippen LogP contribution in [0, 0.1) is 45.3 Å². The maximum Gasteiger partial charge on any atom is 0.163 e. The maximum atomic E-state index is 14.1. The molecule has 0 aromatic rings. The van der Waals surface area contributed by atoms with Crippen LogP contribution in [0.3, 0.4) is 0 Å². The molecule has 1 heterocycles. The molecule has 0 aromatic heterocycles. The normalized spacial score (nSPS) is 49.9. The van der Waals surface area contributed by atoms with E-state index >= 15 is 0 Å². The summed E-state index contributed by atoms with van der Waals surface area (Å²) in [6, 6.07) is 0. The second-order valence-electron chi connectivity index (χ2n) is 13.1. The Labute approximate surface area is 204 Å². The van der Waals surface area contributed by atoms with Crippen molar-refractivity contribution in [3.8, 4) is 0 Å². The number of rotatable bonds is 3. The summed E-state index contributed by atoms with van der Waals surface area (Å²) < 4.78 is 6.17. The molecule has 34 heavy (non-hydrogen) atoms. The van der Waals surface area contributed by atoms with Crippen LogP contribution in [0.25, 0.3) is 0 Å². The van der Waals surface area contributed by atoms with Gasteiger partial charge >= 0.3 is 0 Å². The SMILES string of the molecule is CC(C)=CC1C[C@@H]([C@@H]2CC=C3[C@]4(C)C(=O)C[C@@H]5[C@](C)(C=CC(=O)[C@]5(C)CO)[C@H]4CC[C@]32C)CO1. The van der Waals surface area contributed by atoms with E-state index in [1.807, 2.05) is 6.92 Å². The molecule has 5 rings (SSSR count). The van der Waals surface area contributed by atoms with Crippen LogP contribution in [-0.2, 0) is 14.3 Å². The van der Waals surface area contributed by atoms with Gasteiger partial charge in [0.05, 0.1) is 30.1 Å². The maximum absolute atomic E-state index is 14.1. The van der Waals surface area contributed by atoms with Gasteiger partial charge in [0, 0.05) is 6.42 Å². The fourth-order valence-electron chi connectivity index (χ4n) is 9.23. The monoisotopic (exact) mass is 466 g/mol. The minimum absolute atomic E-state index is 0.0203. The molecule has 3 fully saturated rings. The minimum Gasteiger partial charge on any atom is -0.395 e. The van der Waals surface area contributed by atoms with Gasteiger partial charge in [-0.1, -0.05) is 43.2 Å². The Hall–Kier alpha value is -1.52. The molecule has 0 spiro atoms. The van der Waals surface area contributed by atoms with Crippen molar-refractivity contribution in [2.45, 2.75) is 79.8 Å². The van der Waals surface area contributed by atoms with E-state index in [1.165, 1.54) is 11.1 Å². The molecule has 5 aliphatic rings. The van der Waals surface area contributed by atoms with Gasteiger partial charge in [0.2, 0.25) is 0 Å². The topological polar surface area (TPSA) is 63.6 Å². The first-order chi connectivity index (χ1) is 15.9. The number of allylic oxidation sites excluding steroid dienone is 5. The number of ketones is 2. The van der Waals surface area contributed by atoms with Gasteiger partial charge in [0.15, 0.2) is 5.78 Å². The van der Waals surface area contributed by atoms with E-state index in [9.17, 15) is 14.7 Å². The lowest BCUT2D eigenvalue weighted by Crippen LogP contribution is -2.63. The molecule has 4 aliphatic carbocycles. The number of fused-ring (bicyclic) bond motifs is 5. The van der Waals surface area contributed by atoms with E-state index in [1.54, 1.807) is 6.08 Å². The minimum atomic E-state index is -0.880. The predicted molar refractivity (Wildman–Crippen MR) is 133 cm³/mol. The second kappa shape index (κ2) is 7.74. The van der Waals surface area contributed by atoms with Crippen LogP contribution in [0.4, 0.5) is 0 Å². The highest BCUT2D eigenvalue weighted by atomic mass is 16.5. The van der Waals surface area contributed by atoms with Gasteiger partial charge in [-0.3, -0.25) is 9.59 Å². The number of hydrogen-bond acceptors (Lipinski definition) is 4. The Balaban J connectivity index is 1.49. The Morgan fingerprint density at radius 2 is 1.91 bits per heavy atom. The molecule has 0 amide bonds. The van der Waals surface area contributed by atoms with Crippen molar-refractivity contribution in [2.75, 3.05) is 13.2 Å². The smallest absolute Gasteiger partial charge is 0.163 e. The Bertz CT molecular complexity index is 1000. The van der Waals surface area contributed by atoms with Gasteiger partial charge in [0.25, 0.3) is 0 Å². The van der Waals surface area contributed by atoms with Gasteiger partial charge < -0.3 is 9.84 Å². The van der Waals surface area contributed by atoms with Gasteiger partial charge in [-0.25, -0.2) is 0 Å². The summed E-state index contributed by atoms with van der Waals surface area (Å²) >= 11 is 0. The number of carbonyl (C=O) groups excluding carboxylic acids is 2. The molecule has 1 unspecified atom stereocenters. The average molecular weight is 467 g/mol. The van der Waals surface area contributed by atoms with Crippen LogP contribution >= 0.6 is 0 Å². The van der Waals surface area contributed by atoms with E-state index in [0.717, 1.165) is 32.3 Å². The molecule has 4 heteroatoms. The van der Waals surface area contributed by atoms with E-state index in [4.69, 9.17) is 4.74 Å². The molecule has 0 bridgehead atoms. The Morgan fingerprint density at radius 1 is 1.18 bits per heavy atom. The number of ether oxygens (including phenoxy) is 1. The summed E-state index contributed by atoms with van der Waals surface area (Å²) in [4.78, 5) is 26.9. The van der Waals surface area contributed by atoms with Gasteiger partial charge in [-0.2, -0.15) is 0 Å². The first kappa shape index (κ1) is 24.2. The lowest BCUT2D eigenvalue weighted by molar-refractivity contribution is -0.161. The molecule has 186 valence electrons. The van der Waals surface area contributed by atoms with E-state index in [2.05, 4.69) is 52.8 Å². The highest BCUT2D eigenvalue weighted by Crippen LogP contribution is 2.71. The van der Waals surface area contributed by atoms with E-state index in [0.29, 0.717) is 18.3 Å². The van der Waals surface area contributed by atoms with E-state index < -0.39 is 10.8 Å². The van der Waals surface area contributed by atoms with E-state index in [-0.39, 0.29) is 46.9 Å². The summed E-state index contributed by atoms with van der Waals surface area (Å²) in [7, 11) is 0. The third-order valence-corrected chi connectivity index (χ3v) is 11.1. The molecule has 4 nitrogen and oxygen atoms in total.